The van der Waals surface area contributed by atoms with Crippen molar-refractivity contribution >= 4 is 10.9 Å². The van der Waals surface area contributed by atoms with Crippen molar-refractivity contribution in [3.8, 4) is 11.4 Å². The van der Waals surface area contributed by atoms with Gasteiger partial charge < -0.3 is 15.9 Å². The second-order valence-corrected chi connectivity index (χ2v) is 7.44. The van der Waals surface area contributed by atoms with Gasteiger partial charge in [-0.05, 0) is 42.8 Å². The van der Waals surface area contributed by atoms with Crippen LogP contribution in [0.25, 0.3) is 16.6 Å². The van der Waals surface area contributed by atoms with Crippen LogP contribution in [-0.4, -0.2) is 32.5 Å². The molecule has 0 saturated carbocycles. The van der Waals surface area contributed by atoms with E-state index in [2.05, 4.69) is 15.4 Å². The number of ether oxygens (including phenoxy) is 1. The van der Waals surface area contributed by atoms with Crippen molar-refractivity contribution in [2.75, 3.05) is 18.9 Å². The summed E-state index contributed by atoms with van der Waals surface area (Å²) in [7, 11) is 0. The Kier molecular flexibility index (Phi) is 4.87. The minimum Gasteiger partial charge on any atom is -0.485 e. The van der Waals surface area contributed by atoms with Crippen molar-refractivity contribution in [1.82, 2.24) is 24.8 Å². The number of nitrogen functional groups attached to an aromatic ring is 1. The zero-order chi connectivity index (χ0) is 21.4. The number of aromatic nitrogens is 4. The van der Waals surface area contributed by atoms with Gasteiger partial charge in [0.2, 0.25) is 0 Å². The predicted molar refractivity (Wildman–Crippen MR) is 114 cm³/mol. The second-order valence-electron chi connectivity index (χ2n) is 7.44. The van der Waals surface area contributed by atoms with E-state index in [0.29, 0.717) is 17.1 Å². The number of nitrogens with zero attached hydrogens (tertiary/aromatic N) is 4. The standard InChI is InChI=1S/C22H21FN6O2/c23-14-1-2-15(26-11-14)13-31-17-10-22(30)29(27-12-17)16-3-4-18-19-5-7-25-8-6-20(19)28(24)21(18)9-16/h1-4,9-12,25H,5-8,13,24H2. The fraction of sp³-hybridized carbons (Fsp3) is 0.227. The van der Waals surface area contributed by atoms with Gasteiger partial charge in [0, 0.05) is 30.1 Å². The zero-order valence-corrected chi connectivity index (χ0v) is 16.7. The van der Waals surface area contributed by atoms with E-state index < -0.39 is 5.82 Å². The zero-order valence-electron chi connectivity index (χ0n) is 16.7. The van der Waals surface area contributed by atoms with Crippen LogP contribution in [0.5, 0.6) is 5.75 Å². The lowest BCUT2D eigenvalue weighted by Gasteiger charge is -2.09. The third kappa shape index (κ3) is 3.64. The number of fused-ring (bicyclic) bond motifs is 3. The topological polar surface area (TPSA) is 100.0 Å². The highest BCUT2D eigenvalue weighted by Crippen LogP contribution is 2.28. The SMILES string of the molecule is Nn1c2c(c3ccc(-n4ncc(OCc5ccc(F)cn5)cc4=O)cc31)CCNCC2. The Labute approximate surface area is 177 Å². The van der Waals surface area contributed by atoms with Crippen LogP contribution in [0.2, 0.25) is 0 Å². The minimum absolute atomic E-state index is 0.110. The normalized spacial score (nSPS) is 13.7. The molecule has 0 atom stereocenters. The summed E-state index contributed by atoms with van der Waals surface area (Å²) in [5.41, 5.74) is 4.10. The summed E-state index contributed by atoms with van der Waals surface area (Å²) < 4.78 is 21.5. The van der Waals surface area contributed by atoms with E-state index in [4.69, 9.17) is 10.6 Å². The average molecular weight is 420 g/mol. The van der Waals surface area contributed by atoms with Crippen LogP contribution < -0.4 is 21.5 Å². The number of pyridine rings is 1. The number of rotatable bonds is 4. The summed E-state index contributed by atoms with van der Waals surface area (Å²) in [6.07, 6.45) is 4.37. The molecule has 0 unspecified atom stereocenters. The molecule has 8 nitrogen and oxygen atoms in total. The molecule has 4 aromatic rings. The maximum absolute atomic E-state index is 12.9. The summed E-state index contributed by atoms with van der Waals surface area (Å²) in [5, 5.41) is 8.74. The fourth-order valence-electron chi connectivity index (χ4n) is 3.96. The van der Waals surface area contributed by atoms with Crippen LogP contribution in [0.3, 0.4) is 0 Å². The monoisotopic (exact) mass is 420 g/mol. The summed E-state index contributed by atoms with van der Waals surface area (Å²) in [6.45, 7) is 1.92. The lowest BCUT2D eigenvalue weighted by atomic mass is 10.1. The van der Waals surface area contributed by atoms with Gasteiger partial charge in [0.15, 0.2) is 0 Å². The largest absolute Gasteiger partial charge is 0.485 e. The first-order chi connectivity index (χ1) is 15.1. The van der Waals surface area contributed by atoms with Crippen LogP contribution >= 0.6 is 0 Å². The average Bonchev–Trinajstić information content (AvgIpc) is 2.93. The van der Waals surface area contributed by atoms with Crippen LogP contribution in [0.1, 0.15) is 17.0 Å². The molecule has 0 aliphatic carbocycles. The molecule has 158 valence electrons. The maximum atomic E-state index is 12.9. The smallest absolute Gasteiger partial charge is 0.275 e. The summed E-state index contributed by atoms with van der Waals surface area (Å²) in [5.74, 6) is 6.27. The molecule has 0 fully saturated rings. The number of nitrogens with two attached hydrogens (primary N) is 1. The maximum Gasteiger partial charge on any atom is 0.275 e. The van der Waals surface area contributed by atoms with Gasteiger partial charge in [0.1, 0.15) is 18.2 Å². The molecule has 0 saturated heterocycles. The van der Waals surface area contributed by atoms with E-state index in [1.54, 1.807) is 4.68 Å². The third-order valence-corrected chi connectivity index (χ3v) is 5.49. The van der Waals surface area contributed by atoms with Gasteiger partial charge in [-0.15, -0.1) is 0 Å². The fourth-order valence-corrected chi connectivity index (χ4v) is 3.96. The van der Waals surface area contributed by atoms with Crippen molar-refractivity contribution in [3.63, 3.8) is 0 Å². The number of hydrogen-bond acceptors (Lipinski definition) is 6. The van der Waals surface area contributed by atoms with Gasteiger partial charge in [-0.25, -0.2) is 4.39 Å². The Morgan fingerprint density at radius 3 is 2.81 bits per heavy atom. The number of nitrogens with one attached hydrogen (secondary N) is 1. The molecule has 5 rings (SSSR count). The predicted octanol–water partition coefficient (Wildman–Crippen LogP) is 1.70. The lowest BCUT2D eigenvalue weighted by Crippen LogP contribution is -2.21. The molecule has 1 aliphatic rings. The molecule has 9 heteroatoms. The molecule has 3 N–H and O–H groups in total. The van der Waals surface area contributed by atoms with Crippen molar-refractivity contribution in [1.29, 1.82) is 0 Å². The van der Waals surface area contributed by atoms with Crippen molar-refractivity contribution in [3.05, 3.63) is 81.9 Å². The number of hydrogen-bond donors (Lipinski definition) is 2. The van der Waals surface area contributed by atoms with Crippen LogP contribution in [0.15, 0.2) is 53.6 Å². The van der Waals surface area contributed by atoms with Crippen LogP contribution in [-0.2, 0) is 19.4 Å². The van der Waals surface area contributed by atoms with Gasteiger partial charge in [-0.3, -0.25) is 14.5 Å². The Bertz CT molecular complexity index is 1310. The Morgan fingerprint density at radius 1 is 1.13 bits per heavy atom. The molecule has 0 amide bonds. The highest BCUT2D eigenvalue weighted by atomic mass is 19.1. The molecule has 31 heavy (non-hydrogen) atoms. The summed E-state index contributed by atoms with van der Waals surface area (Å²) in [4.78, 5) is 16.6. The van der Waals surface area contributed by atoms with Gasteiger partial charge in [0.05, 0.1) is 29.3 Å². The molecule has 0 radical (unpaired) electrons. The minimum atomic E-state index is -0.415. The second kappa shape index (κ2) is 7.84. The lowest BCUT2D eigenvalue weighted by molar-refractivity contribution is 0.298. The van der Waals surface area contributed by atoms with E-state index in [1.807, 2.05) is 18.2 Å². The van der Waals surface area contributed by atoms with Crippen molar-refractivity contribution in [2.45, 2.75) is 19.4 Å². The highest BCUT2D eigenvalue weighted by molar-refractivity contribution is 5.87. The van der Waals surface area contributed by atoms with Gasteiger partial charge in [0.25, 0.3) is 5.56 Å². The highest BCUT2D eigenvalue weighted by Gasteiger charge is 2.18. The first-order valence-electron chi connectivity index (χ1n) is 10.0. The summed E-state index contributed by atoms with van der Waals surface area (Å²) in [6, 6.07) is 9.95. The Balaban J connectivity index is 1.42. The molecule has 0 spiro atoms. The quantitative estimate of drug-likeness (QED) is 0.488. The molecule has 3 aromatic heterocycles. The first-order valence-corrected chi connectivity index (χ1v) is 10.0. The van der Waals surface area contributed by atoms with E-state index in [-0.39, 0.29) is 12.2 Å². The Hall–Kier alpha value is -3.72. The molecular weight excluding hydrogens is 399 g/mol. The molecule has 0 bridgehead atoms. The van der Waals surface area contributed by atoms with Gasteiger partial charge in [-0.2, -0.15) is 9.78 Å². The van der Waals surface area contributed by atoms with E-state index >= 15 is 0 Å². The molecule has 1 aromatic carbocycles. The van der Waals surface area contributed by atoms with Crippen LogP contribution in [0.4, 0.5) is 4.39 Å². The van der Waals surface area contributed by atoms with Crippen molar-refractivity contribution < 1.29 is 9.13 Å². The van der Waals surface area contributed by atoms with Crippen LogP contribution in [0, 0.1) is 5.82 Å². The molecular formula is C22H21FN6O2. The molecule has 4 heterocycles. The number of benzene rings is 1. The van der Waals surface area contributed by atoms with Gasteiger partial charge in [-0.1, -0.05) is 6.07 Å². The number of halogens is 1. The molecule has 1 aliphatic heterocycles. The van der Waals surface area contributed by atoms with Crippen molar-refractivity contribution in [2.24, 2.45) is 0 Å². The van der Waals surface area contributed by atoms with E-state index in [0.717, 1.165) is 48.7 Å². The van der Waals surface area contributed by atoms with E-state index in [1.165, 1.54) is 34.6 Å². The van der Waals surface area contributed by atoms with E-state index in [9.17, 15) is 9.18 Å². The summed E-state index contributed by atoms with van der Waals surface area (Å²) >= 11 is 0. The first kappa shape index (κ1) is 19.3. The third-order valence-electron chi connectivity index (χ3n) is 5.49. The Morgan fingerprint density at radius 2 is 2.00 bits per heavy atom. The van der Waals surface area contributed by atoms with Gasteiger partial charge >= 0.3 is 0 Å².